The van der Waals surface area contributed by atoms with Crippen molar-refractivity contribution in [1.82, 2.24) is 14.8 Å². The second-order valence-electron chi connectivity index (χ2n) is 4.57. The second kappa shape index (κ2) is 5.66. The van der Waals surface area contributed by atoms with E-state index in [4.69, 9.17) is 10.5 Å². The molecular weight excluding hydrogens is 264 g/mol. The number of aromatic nitrogens is 3. The van der Waals surface area contributed by atoms with E-state index >= 15 is 0 Å². The van der Waals surface area contributed by atoms with Crippen LogP contribution in [0.5, 0.6) is 5.75 Å². The van der Waals surface area contributed by atoms with Crippen LogP contribution < -0.4 is 10.5 Å². The van der Waals surface area contributed by atoms with Crippen LogP contribution in [0.2, 0.25) is 0 Å². The largest absolute Gasteiger partial charge is 0.494 e. The van der Waals surface area contributed by atoms with Gasteiger partial charge in [-0.25, -0.2) is 0 Å². The summed E-state index contributed by atoms with van der Waals surface area (Å²) >= 11 is 0. The maximum atomic E-state index is 5.72. The summed E-state index contributed by atoms with van der Waals surface area (Å²) < 4.78 is 7.38. The van der Waals surface area contributed by atoms with Gasteiger partial charge in [0.25, 0.3) is 0 Å². The maximum Gasteiger partial charge on any atom is 0.168 e. The lowest BCUT2D eigenvalue weighted by molar-refractivity contribution is 0.340. The number of anilines is 1. The molecule has 0 radical (unpaired) electrons. The first-order valence-electron chi connectivity index (χ1n) is 6.77. The van der Waals surface area contributed by atoms with Crippen LogP contribution in [-0.2, 0) is 0 Å². The first kappa shape index (κ1) is 13.2. The number of benzene rings is 2. The van der Waals surface area contributed by atoms with Crippen LogP contribution in [0, 0.1) is 0 Å². The Kier molecular flexibility index (Phi) is 3.55. The minimum absolute atomic E-state index is 0.655. The molecule has 1 aromatic heterocycles. The van der Waals surface area contributed by atoms with Gasteiger partial charge in [-0.1, -0.05) is 0 Å². The summed E-state index contributed by atoms with van der Waals surface area (Å²) in [6.07, 6.45) is 1.70. The van der Waals surface area contributed by atoms with Crippen molar-refractivity contribution < 1.29 is 4.74 Å². The van der Waals surface area contributed by atoms with Crippen molar-refractivity contribution in [1.29, 1.82) is 0 Å². The molecule has 0 spiro atoms. The maximum absolute atomic E-state index is 5.72. The predicted molar refractivity (Wildman–Crippen MR) is 82.4 cm³/mol. The molecule has 21 heavy (non-hydrogen) atoms. The summed E-state index contributed by atoms with van der Waals surface area (Å²) in [6, 6.07) is 15.4. The van der Waals surface area contributed by atoms with E-state index in [-0.39, 0.29) is 0 Å². The van der Waals surface area contributed by atoms with Crippen LogP contribution in [0.4, 0.5) is 5.69 Å². The lowest BCUT2D eigenvalue weighted by Crippen LogP contribution is -1.97. The van der Waals surface area contributed by atoms with Crippen molar-refractivity contribution in [2.24, 2.45) is 0 Å². The van der Waals surface area contributed by atoms with Gasteiger partial charge >= 0.3 is 0 Å². The van der Waals surface area contributed by atoms with Crippen LogP contribution >= 0.6 is 0 Å². The molecular formula is C16H16N4O. The molecule has 1 heterocycles. The molecule has 3 rings (SSSR count). The van der Waals surface area contributed by atoms with Crippen LogP contribution in [0.15, 0.2) is 54.9 Å². The molecule has 3 aromatic rings. The lowest BCUT2D eigenvalue weighted by Gasteiger charge is -2.08. The fraction of sp³-hybridized carbons (Fsp3) is 0.125. The minimum Gasteiger partial charge on any atom is -0.494 e. The SMILES string of the molecule is CCOc1ccc(-n2cnnc2-c2ccc(N)cc2)cc1. The monoisotopic (exact) mass is 280 g/mol. The van der Waals surface area contributed by atoms with E-state index < -0.39 is 0 Å². The molecule has 0 aliphatic heterocycles. The fourth-order valence-corrected chi connectivity index (χ4v) is 2.12. The van der Waals surface area contributed by atoms with Gasteiger partial charge in [-0.3, -0.25) is 4.57 Å². The number of rotatable bonds is 4. The minimum atomic E-state index is 0.655. The Bertz CT molecular complexity index is 717. The van der Waals surface area contributed by atoms with E-state index in [1.165, 1.54) is 0 Å². The highest BCUT2D eigenvalue weighted by Crippen LogP contribution is 2.23. The van der Waals surface area contributed by atoms with E-state index in [1.54, 1.807) is 6.33 Å². The van der Waals surface area contributed by atoms with Crippen molar-refractivity contribution in [3.8, 4) is 22.8 Å². The molecule has 0 aliphatic rings. The van der Waals surface area contributed by atoms with Crippen molar-refractivity contribution in [2.45, 2.75) is 6.92 Å². The molecule has 2 aromatic carbocycles. The number of nitrogens with zero attached hydrogens (tertiary/aromatic N) is 3. The van der Waals surface area contributed by atoms with E-state index in [2.05, 4.69) is 10.2 Å². The molecule has 0 unspecified atom stereocenters. The topological polar surface area (TPSA) is 66.0 Å². The van der Waals surface area contributed by atoms with Crippen LogP contribution in [0.3, 0.4) is 0 Å². The number of nitrogen functional groups attached to an aromatic ring is 1. The highest BCUT2D eigenvalue weighted by molar-refractivity contribution is 5.61. The molecule has 2 N–H and O–H groups in total. The third-order valence-electron chi connectivity index (χ3n) is 3.14. The third kappa shape index (κ3) is 2.72. The highest BCUT2D eigenvalue weighted by atomic mass is 16.5. The van der Waals surface area contributed by atoms with Gasteiger partial charge in [0.2, 0.25) is 0 Å². The summed E-state index contributed by atoms with van der Waals surface area (Å²) in [7, 11) is 0. The zero-order valence-electron chi connectivity index (χ0n) is 11.7. The second-order valence-corrected chi connectivity index (χ2v) is 4.57. The molecule has 0 fully saturated rings. The first-order valence-corrected chi connectivity index (χ1v) is 6.77. The van der Waals surface area contributed by atoms with Gasteiger partial charge in [0, 0.05) is 16.9 Å². The van der Waals surface area contributed by atoms with Gasteiger partial charge in [0.15, 0.2) is 5.82 Å². The van der Waals surface area contributed by atoms with E-state index in [1.807, 2.05) is 60.0 Å². The zero-order chi connectivity index (χ0) is 14.7. The molecule has 0 atom stereocenters. The Morgan fingerprint density at radius 3 is 2.43 bits per heavy atom. The van der Waals surface area contributed by atoms with Gasteiger partial charge in [-0.15, -0.1) is 10.2 Å². The molecule has 0 amide bonds. The quantitative estimate of drug-likeness (QED) is 0.746. The first-order chi connectivity index (χ1) is 10.3. The smallest absolute Gasteiger partial charge is 0.168 e. The number of hydrogen-bond acceptors (Lipinski definition) is 4. The Morgan fingerprint density at radius 2 is 1.76 bits per heavy atom. The Balaban J connectivity index is 1.96. The number of nitrogens with two attached hydrogens (primary N) is 1. The van der Waals surface area contributed by atoms with Crippen molar-refractivity contribution in [3.05, 3.63) is 54.9 Å². The van der Waals surface area contributed by atoms with Gasteiger partial charge in [-0.2, -0.15) is 0 Å². The van der Waals surface area contributed by atoms with Gasteiger partial charge in [0.05, 0.1) is 6.61 Å². The summed E-state index contributed by atoms with van der Waals surface area (Å²) in [5, 5.41) is 8.20. The summed E-state index contributed by atoms with van der Waals surface area (Å²) in [4.78, 5) is 0. The zero-order valence-corrected chi connectivity index (χ0v) is 11.7. The molecule has 0 saturated heterocycles. The Morgan fingerprint density at radius 1 is 1.05 bits per heavy atom. The highest BCUT2D eigenvalue weighted by Gasteiger charge is 2.08. The molecule has 106 valence electrons. The molecule has 0 bridgehead atoms. The van der Waals surface area contributed by atoms with Gasteiger partial charge in [-0.05, 0) is 55.5 Å². The summed E-state index contributed by atoms with van der Waals surface area (Å²) in [5.74, 6) is 1.63. The van der Waals surface area contributed by atoms with Gasteiger partial charge < -0.3 is 10.5 Å². The van der Waals surface area contributed by atoms with E-state index in [0.29, 0.717) is 6.61 Å². The van der Waals surface area contributed by atoms with Crippen molar-refractivity contribution >= 4 is 5.69 Å². The average Bonchev–Trinajstić information content (AvgIpc) is 2.99. The van der Waals surface area contributed by atoms with Crippen LogP contribution in [0.1, 0.15) is 6.92 Å². The predicted octanol–water partition coefficient (Wildman–Crippen LogP) is 2.92. The van der Waals surface area contributed by atoms with Crippen molar-refractivity contribution in [3.63, 3.8) is 0 Å². The molecule has 5 heteroatoms. The number of hydrogen-bond donors (Lipinski definition) is 1. The summed E-state index contributed by atoms with van der Waals surface area (Å²) in [5.41, 5.74) is 8.40. The van der Waals surface area contributed by atoms with E-state index in [0.717, 1.165) is 28.5 Å². The normalized spacial score (nSPS) is 10.5. The third-order valence-corrected chi connectivity index (χ3v) is 3.14. The van der Waals surface area contributed by atoms with Gasteiger partial charge in [0.1, 0.15) is 12.1 Å². The number of ether oxygens (including phenoxy) is 1. The molecule has 0 saturated carbocycles. The molecule has 0 aliphatic carbocycles. The summed E-state index contributed by atoms with van der Waals surface area (Å²) in [6.45, 7) is 2.62. The Hall–Kier alpha value is -2.82. The Labute approximate surface area is 123 Å². The lowest BCUT2D eigenvalue weighted by atomic mass is 10.2. The van der Waals surface area contributed by atoms with Crippen LogP contribution in [0.25, 0.3) is 17.1 Å². The van der Waals surface area contributed by atoms with E-state index in [9.17, 15) is 0 Å². The van der Waals surface area contributed by atoms with Crippen LogP contribution in [-0.4, -0.2) is 21.4 Å². The standard InChI is InChI=1S/C16H16N4O/c1-2-21-15-9-7-14(8-10-15)20-11-18-19-16(20)12-3-5-13(17)6-4-12/h3-11H,2,17H2,1H3. The average molecular weight is 280 g/mol. The van der Waals surface area contributed by atoms with Crippen molar-refractivity contribution in [2.75, 3.05) is 12.3 Å². The fourth-order valence-electron chi connectivity index (χ4n) is 2.12. The molecule has 5 nitrogen and oxygen atoms in total.